The summed E-state index contributed by atoms with van der Waals surface area (Å²) in [6, 6.07) is 17.3. The van der Waals surface area contributed by atoms with Gasteiger partial charge < -0.3 is 9.84 Å². The van der Waals surface area contributed by atoms with Crippen LogP contribution in [0.3, 0.4) is 0 Å². The number of anilines is 1. The van der Waals surface area contributed by atoms with E-state index in [9.17, 15) is 23.1 Å². The SMILES string of the molecule is CC(C)(C)CC(C)(C)c1ccc(CN(Cc2cccc(N(CC(=O)O)C(=O)OC(C)(C)C)n2)S(=O)(=O)c2ccccn2)cc1. The summed E-state index contributed by atoms with van der Waals surface area (Å²) >= 11 is 0. The van der Waals surface area contributed by atoms with Crippen molar-refractivity contribution in [1.29, 1.82) is 0 Å². The fourth-order valence-electron chi connectivity index (χ4n) is 5.13. The number of hydrogen-bond acceptors (Lipinski definition) is 7. The Kier molecular flexibility index (Phi) is 10.6. The highest BCUT2D eigenvalue weighted by atomic mass is 32.2. The fraction of sp³-hybridized carbons (Fsp3) is 0.455. The number of nitrogens with zero attached hydrogens (tertiary/aromatic N) is 4. The van der Waals surface area contributed by atoms with Crippen LogP contribution in [0.15, 0.2) is 71.9 Å². The van der Waals surface area contributed by atoms with Gasteiger partial charge in [-0.15, -0.1) is 0 Å². The molecule has 0 spiro atoms. The number of ether oxygens (including phenoxy) is 1. The van der Waals surface area contributed by atoms with Gasteiger partial charge in [-0.1, -0.05) is 71.0 Å². The highest BCUT2D eigenvalue weighted by Gasteiger charge is 2.30. The number of carboxylic acids is 1. The van der Waals surface area contributed by atoms with E-state index in [1.54, 1.807) is 45.0 Å². The topological polar surface area (TPSA) is 130 Å². The minimum atomic E-state index is -4.07. The third-order valence-electron chi connectivity index (χ3n) is 6.62. The van der Waals surface area contributed by atoms with Crippen LogP contribution in [-0.2, 0) is 38.1 Å². The van der Waals surface area contributed by atoms with Gasteiger partial charge in [0.1, 0.15) is 18.0 Å². The predicted octanol–water partition coefficient (Wildman–Crippen LogP) is 6.41. The first-order valence-electron chi connectivity index (χ1n) is 14.5. The Bertz CT molecular complexity index is 1540. The maximum atomic E-state index is 13.8. The minimum Gasteiger partial charge on any atom is -0.480 e. The van der Waals surface area contributed by atoms with Crippen LogP contribution in [0.25, 0.3) is 0 Å². The summed E-state index contributed by atoms with van der Waals surface area (Å²) in [7, 11) is -4.07. The van der Waals surface area contributed by atoms with Gasteiger partial charge in [0, 0.05) is 12.7 Å². The van der Waals surface area contributed by atoms with Gasteiger partial charge in [-0.25, -0.2) is 23.2 Å². The quantitative estimate of drug-likeness (QED) is 0.259. The molecule has 1 amide bonds. The van der Waals surface area contributed by atoms with E-state index < -0.39 is 34.2 Å². The average Bonchev–Trinajstić information content (AvgIpc) is 2.90. The number of pyridine rings is 2. The van der Waals surface area contributed by atoms with Crippen molar-refractivity contribution in [2.75, 3.05) is 11.4 Å². The Labute approximate surface area is 261 Å². The predicted molar refractivity (Wildman–Crippen MR) is 170 cm³/mol. The van der Waals surface area contributed by atoms with Crippen LogP contribution in [0.1, 0.15) is 78.6 Å². The van der Waals surface area contributed by atoms with Gasteiger partial charge in [0.15, 0.2) is 5.03 Å². The lowest BCUT2D eigenvalue weighted by Crippen LogP contribution is -2.40. The molecule has 0 saturated carbocycles. The van der Waals surface area contributed by atoms with Crippen LogP contribution < -0.4 is 4.90 Å². The number of aliphatic carboxylic acids is 1. The van der Waals surface area contributed by atoms with Gasteiger partial charge in [-0.05, 0) is 73.4 Å². The zero-order chi connectivity index (χ0) is 32.9. The number of carbonyl (C=O) groups is 2. The van der Waals surface area contributed by atoms with Crippen molar-refractivity contribution in [3.63, 3.8) is 0 Å². The molecule has 2 aromatic heterocycles. The first-order valence-corrected chi connectivity index (χ1v) is 15.9. The van der Waals surface area contributed by atoms with E-state index in [0.717, 1.165) is 22.4 Å². The highest BCUT2D eigenvalue weighted by molar-refractivity contribution is 7.89. The van der Waals surface area contributed by atoms with E-state index in [1.807, 2.05) is 24.3 Å². The molecule has 0 unspecified atom stereocenters. The number of benzene rings is 1. The smallest absolute Gasteiger partial charge is 0.416 e. The molecule has 0 aliphatic rings. The maximum Gasteiger partial charge on any atom is 0.416 e. The molecule has 44 heavy (non-hydrogen) atoms. The summed E-state index contributed by atoms with van der Waals surface area (Å²) in [6.07, 6.45) is 1.52. The van der Waals surface area contributed by atoms with Crippen molar-refractivity contribution >= 4 is 27.9 Å². The number of rotatable bonds is 11. The third kappa shape index (κ3) is 9.85. The second-order valence-corrected chi connectivity index (χ2v) is 15.6. The molecule has 0 fully saturated rings. The Morgan fingerprint density at radius 2 is 1.52 bits per heavy atom. The van der Waals surface area contributed by atoms with Crippen molar-refractivity contribution in [1.82, 2.24) is 14.3 Å². The van der Waals surface area contributed by atoms with Gasteiger partial charge >= 0.3 is 12.1 Å². The number of aromatic nitrogens is 2. The van der Waals surface area contributed by atoms with E-state index >= 15 is 0 Å². The molecule has 0 aliphatic heterocycles. The molecule has 238 valence electrons. The van der Waals surface area contributed by atoms with Gasteiger partial charge in [0.25, 0.3) is 10.0 Å². The third-order valence-corrected chi connectivity index (χ3v) is 8.33. The van der Waals surface area contributed by atoms with Gasteiger partial charge in [-0.2, -0.15) is 4.31 Å². The van der Waals surface area contributed by atoms with Gasteiger partial charge in [-0.3, -0.25) is 9.69 Å². The molecule has 11 heteroatoms. The summed E-state index contributed by atoms with van der Waals surface area (Å²) in [5.74, 6) is -1.23. The lowest BCUT2D eigenvalue weighted by molar-refractivity contribution is -0.135. The van der Waals surface area contributed by atoms with Crippen molar-refractivity contribution in [3.8, 4) is 0 Å². The minimum absolute atomic E-state index is 0.0276. The lowest BCUT2D eigenvalue weighted by atomic mass is 9.72. The Balaban J connectivity index is 1.98. The van der Waals surface area contributed by atoms with E-state index in [1.165, 1.54) is 22.6 Å². The Morgan fingerprint density at radius 3 is 2.07 bits per heavy atom. The van der Waals surface area contributed by atoms with Gasteiger partial charge in [0.05, 0.1) is 12.2 Å². The van der Waals surface area contributed by atoms with E-state index in [0.29, 0.717) is 5.69 Å². The molecule has 1 aromatic carbocycles. The summed E-state index contributed by atoms with van der Waals surface area (Å²) in [5.41, 5.74) is 1.44. The molecule has 3 aromatic rings. The van der Waals surface area contributed by atoms with E-state index in [4.69, 9.17) is 4.74 Å². The molecule has 0 aliphatic carbocycles. The molecule has 0 saturated heterocycles. The van der Waals surface area contributed by atoms with Crippen LogP contribution in [0.5, 0.6) is 0 Å². The molecular formula is C33H44N4O6S. The number of carbonyl (C=O) groups excluding carboxylic acids is 1. The summed E-state index contributed by atoms with van der Waals surface area (Å²) < 4.78 is 34.3. The summed E-state index contributed by atoms with van der Waals surface area (Å²) in [6.45, 7) is 15.3. The molecule has 1 N–H and O–H groups in total. The average molecular weight is 625 g/mol. The van der Waals surface area contributed by atoms with Crippen molar-refractivity contribution in [2.24, 2.45) is 5.41 Å². The number of amides is 1. The number of carboxylic acid groups (broad SMARTS) is 1. The molecule has 2 heterocycles. The second-order valence-electron chi connectivity index (χ2n) is 13.7. The molecule has 3 rings (SSSR count). The van der Waals surface area contributed by atoms with Gasteiger partial charge in [0.2, 0.25) is 0 Å². The van der Waals surface area contributed by atoms with Crippen molar-refractivity contribution in [3.05, 3.63) is 83.7 Å². The van der Waals surface area contributed by atoms with Crippen molar-refractivity contribution < 1.29 is 27.9 Å². The maximum absolute atomic E-state index is 13.8. The Hall–Kier alpha value is -3.83. The summed E-state index contributed by atoms with van der Waals surface area (Å²) in [5, 5.41) is 9.35. The van der Waals surface area contributed by atoms with E-state index in [2.05, 4.69) is 44.6 Å². The largest absolute Gasteiger partial charge is 0.480 e. The molecular weight excluding hydrogens is 580 g/mol. The first-order chi connectivity index (χ1) is 20.3. The van der Waals surface area contributed by atoms with Crippen LogP contribution in [0, 0.1) is 5.41 Å². The Morgan fingerprint density at radius 1 is 0.864 bits per heavy atom. The fourth-order valence-corrected chi connectivity index (χ4v) is 6.46. The number of sulfonamides is 1. The zero-order valence-electron chi connectivity index (χ0n) is 26.9. The summed E-state index contributed by atoms with van der Waals surface area (Å²) in [4.78, 5) is 33.9. The normalized spacial score (nSPS) is 12.7. The van der Waals surface area contributed by atoms with Crippen LogP contribution in [0.4, 0.5) is 10.6 Å². The lowest BCUT2D eigenvalue weighted by Gasteiger charge is -2.33. The second kappa shape index (κ2) is 13.4. The van der Waals surface area contributed by atoms with Crippen LogP contribution in [-0.4, -0.2) is 52.0 Å². The van der Waals surface area contributed by atoms with E-state index in [-0.39, 0.29) is 34.8 Å². The van der Waals surface area contributed by atoms with Crippen LogP contribution in [0.2, 0.25) is 0 Å². The molecule has 0 atom stereocenters. The van der Waals surface area contributed by atoms with Crippen LogP contribution >= 0.6 is 0 Å². The highest BCUT2D eigenvalue weighted by Crippen LogP contribution is 2.36. The molecule has 0 bridgehead atoms. The zero-order valence-corrected chi connectivity index (χ0v) is 27.7. The molecule has 10 nitrogen and oxygen atoms in total. The molecule has 0 radical (unpaired) electrons. The number of hydrogen-bond donors (Lipinski definition) is 1. The first kappa shape index (κ1) is 34.7. The monoisotopic (exact) mass is 624 g/mol. The standard InChI is InChI=1S/C33H44N4O6S/c1-31(2,3)23-33(7,8)25-17-15-24(16-18-25)20-36(44(41,42)28-14-9-10-19-34-28)21-26-12-11-13-27(35-26)37(22-29(38)39)30(40)43-32(4,5)6/h9-19H,20-23H2,1-8H3,(H,38,39). The van der Waals surface area contributed by atoms with Crippen molar-refractivity contribution in [2.45, 2.75) is 90.9 Å².